The van der Waals surface area contributed by atoms with E-state index in [1.807, 2.05) is 36.9 Å². The van der Waals surface area contributed by atoms with Gasteiger partial charge in [-0.25, -0.2) is 0 Å². The fraction of sp³-hybridized carbons (Fsp3) is 0.533. The molecule has 98 valence electrons. The summed E-state index contributed by atoms with van der Waals surface area (Å²) in [5.74, 6) is 0.283. The average molecular weight is 246 g/mol. The Morgan fingerprint density at radius 1 is 1.33 bits per heavy atom. The molecule has 0 aromatic heterocycles. The van der Waals surface area contributed by atoms with Crippen LogP contribution in [0.1, 0.15) is 32.3 Å². The number of carbonyl (C=O) groups is 1. The number of rotatable bonds is 5. The zero-order valence-corrected chi connectivity index (χ0v) is 11.2. The molecular formula is C15H22N2O. The first-order valence-corrected chi connectivity index (χ1v) is 6.69. The Labute approximate surface area is 109 Å². The Hall–Kier alpha value is -1.35. The summed E-state index contributed by atoms with van der Waals surface area (Å²) < 4.78 is 0. The fourth-order valence-corrected chi connectivity index (χ4v) is 2.03. The molecule has 1 aromatic carbocycles. The van der Waals surface area contributed by atoms with Crippen molar-refractivity contribution in [3.05, 3.63) is 35.9 Å². The Kier molecular flexibility index (Phi) is 4.02. The van der Waals surface area contributed by atoms with Gasteiger partial charge in [-0.15, -0.1) is 0 Å². The zero-order valence-electron chi connectivity index (χ0n) is 11.2. The van der Waals surface area contributed by atoms with E-state index in [4.69, 9.17) is 5.73 Å². The lowest BCUT2D eigenvalue weighted by Crippen LogP contribution is -2.47. The van der Waals surface area contributed by atoms with E-state index in [1.165, 1.54) is 5.56 Å². The number of nitrogens with two attached hydrogens (primary N) is 1. The van der Waals surface area contributed by atoms with Gasteiger partial charge in [0, 0.05) is 12.6 Å². The maximum atomic E-state index is 12.4. The molecule has 0 saturated heterocycles. The van der Waals surface area contributed by atoms with E-state index < -0.39 is 0 Å². The molecule has 0 radical (unpaired) electrons. The topological polar surface area (TPSA) is 46.3 Å². The Morgan fingerprint density at radius 3 is 2.44 bits per heavy atom. The van der Waals surface area contributed by atoms with Crippen molar-refractivity contribution >= 4 is 5.91 Å². The van der Waals surface area contributed by atoms with Gasteiger partial charge in [0.1, 0.15) is 0 Å². The van der Waals surface area contributed by atoms with Gasteiger partial charge >= 0.3 is 0 Å². The van der Waals surface area contributed by atoms with Crippen molar-refractivity contribution < 1.29 is 4.79 Å². The molecule has 0 spiro atoms. The summed E-state index contributed by atoms with van der Waals surface area (Å²) in [6.45, 7) is 4.68. The van der Waals surface area contributed by atoms with E-state index in [9.17, 15) is 4.79 Å². The highest BCUT2D eigenvalue weighted by atomic mass is 16.2. The van der Waals surface area contributed by atoms with E-state index in [0.29, 0.717) is 12.6 Å². The van der Waals surface area contributed by atoms with Gasteiger partial charge in [0.25, 0.3) is 0 Å². The summed E-state index contributed by atoms with van der Waals surface area (Å²) in [6, 6.07) is 10.2. The quantitative estimate of drug-likeness (QED) is 0.865. The minimum absolute atomic E-state index is 0.0938. The predicted molar refractivity (Wildman–Crippen MR) is 72.8 cm³/mol. The molecule has 1 aromatic rings. The first-order chi connectivity index (χ1) is 8.59. The van der Waals surface area contributed by atoms with Crippen molar-refractivity contribution in [3.8, 4) is 0 Å². The molecule has 0 heterocycles. The van der Waals surface area contributed by atoms with Crippen molar-refractivity contribution in [1.82, 2.24) is 4.90 Å². The molecule has 18 heavy (non-hydrogen) atoms. The smallest absolute Gasteiger partial charge is 0.240 e. The van der Waals surface area contributed by atoms with Gasteiger partial charge in [-0.2, -0.15) is 0 Å². The first kappa shape index (κ1) is 13.1. The minimum atomic E-state index is -0.380. The zero-order chi connectivity index (χ0) is 13.1. The average Bonchev–Trinajstić information content (AvgIpc) is 3.19. The predicted octanol–water partition coefficient (Wildman–Crippen LogP) is 2.16. The summed E-state index contributed by atoms with van der Waals surface area (Å²) in [6.07, 6.45) is 2.23. The molecule has 2 N–H and O–H groups in total. The number of amides is 1. The van der Waals surface area contributed by atoms with Crippen molar-refractivity contribution in [2.75, 3.05) is 0 Å². The Balaban J connectivity index is 2.07. The second-order valence-corrected chi connectivity index (χ2v) is 5.45. The monoisotopic (exact) mass is 246 g/mol. The molecule has 0 aliphatic heterocycles. The first-order valence-electron chi connectivity index (χ1n) is 6.69. The maximum absolute atomic E-state index is 12.4. The summed E-state index contributed by atoms with van der Waals surface area (Å²) >= 11 is 0. The number of carbonyl (C=O) groups excluding carboxylic acids is 1. The van der Waals surface area contributed by atoms with Gasteiger partial charge in [-0.05, 0) is 24.3 Å². The van der Waals surface area contributed by atoms with Crippen LogP contribution in [0.25, 0.3) is 0 Å². The van der Waals surface area contributed by atoms with Crippen LogP contribution in [0.4, 0.5) is 0 Å². The largest absolute Gasteiger partial charge is 0.334 e. The molecule has 1 aliphatic rings. The van der Waals surface area contributed by atoms with Crippen molar-refractivity contribution in [2.24, 2.45) is 11.7 Å². The summed E-state index contributed by atoms with van der Waals surface area (Å²) in [5, 5.41) is 0. The van der Waals surface area contributed by atoms with Crippen LogP contribution in [0.3, 0.4) is 0 Å². The Morgan fingerprint density at radius 2 is 1.94 bits per heavy atom. The normalized spacial score (nSPS) is 16.7. The summed E-state index contributed by atoms with van der Waals surface area (Å²) in [7, 11) is 0. The Bertz CT molecular complexity index is 398. The molecule has 1 saturated carbocycles. The van der Waals surface area contributed by atoms with E-state index in [1.54, 1.807) is 0 Å². The maximum Gasteiger partial charge on any atom is 0.240 e. The van der Waals surface area contributed by atoms with Crippen molar-refractivity contribution in [1.29, 1.82) is 0 Å². The lowest BCUT2D eigenvalue weighted by atomic mass is 10.0. The fourth-order valence-electron chi connectivity index (χ4n) is 2.03. The molecule has 1 atom stereocenters. The van der Waals surface area contributed by atoms with Gasteiger partial charge in [0.15, 0.2) is 0 Å². The molecule has 3 nitrogen and oxygen atoms in total. The molecule has 3 heteroatoms. The van der Waals surface area contributed by atoms with Crippen LogP contribution in [0, 0.1) is 5.92 Å². The van der Waals surface area contributed by atoms with Gasteiger partial charge in [-0.3, -0.25) is 4.79 Å². The highest BCUT2D eigenvalue weighted by molar-refractivity contribution is 5.82. The standard InChI is InChI=1S/C15H22N2O/c1-11(2)14(16)15(18)17(13-8-9-13)10-12-6-4-3-5-7-12/h3-7,11,13-14H,8-10,16H2,1-2H3. The van der Waals surface area contributed by atoms with Crippen LogP contribution < -0.4 is 5.73 Å². The molecule has 1 fully saturated rings. The van der Waals surface area contributed by atoms with Gasteiger partial charge < -0.3 is 10.6 Å². The third-order valence-electron chi connectivity index (χ3n) is 3.47. The van der Waals surface area contributed by atoms with Crippen molar-refractivity contribution in [3.63, 3.8) is 0 Å². The molecule has 0 bridgehead atoms. The molecule has 1 unspecified atom stereocenters. The van der Waals surface area contributed by atoms with Crippen LogP contribution in [0.2, 0.25) is 0 Å². The lowest BCUT2D eigenvalue weighted by molar-refractivity contribution is -0.134. The highest BCUT2D eigenvalue weighted by Crippen LogP contribution is 2.29. The number of hydrogen-bond acceptors (Lipinski definition) is 2. The van der Waals surface area contributed by atoms with E-state index >= 15 is 0 Å². The second kappa shape index (κ2) is 5.53. The molecular weight excluding hydrogens is 224 g/mol. The van der Waals surface area contributed by atoms with Crippen LogP contribution in [-0.4, -0.2) is 22.9 Å². The van der Waals surface area contributed by atoms with E-state index in [2.05, 4.69) is 12.1 Å². The number of hydrogen-bond donors (Lipinski definition) is 1. The van der Waals surface area contributed by atoms with Crippen LogP contribution in [0.5, 0.6) is 0 Å². The van der Waals surface area contributed by atoms with Crippen LogP contribution >= 0.6 is 0 Å². The molecule has 2 rings (SSSR count). The van der Waals surface area contributed by atoms with E-state index in [0.717, 1.165) is 12.8 Å². The minimum Gasteiger partial charge on any atom is -0.334 e. The summed E-state index contributed by atoms with van der Waals surface area (Å²) in [5.41, 5.74) is 7.16. The third-order valence-corrected chi connectivity index (χ3v) is 3.47. The van der Waals surface area contributed by atoms with E-state index in [-0.39, 0.29) is 17.9 Å². The highest BCUT2D eigenvalue weighted by Gasteiger charge is 2.35. The van der Waals surface area contributed by atoms with Gasteiger partial charge in [0.2, 0.25) is 5.91 Å². The number of benzene rings is 1. The molecule has 1 amide bonds. The summed E-state index contributed by atoms with van der Waals surface area (Å²) in [4.78, 5) is 14.3. The lowest BCUT2D eigenvalue weighted by Gasteiger charge is -2.27. The van der Waals surface area contributed by atoms with Gasteiger partial charge in [-0.1, -0.05) is 44.2 Å². The third kappa shape index (κ3) is 3.10. The SMILES string of the molecule is CC(C)C(N)C(=O)N(Cc1ccccc1)C1CC1. The molecule has 1 aliphatic carbocycles. The van der Waals surface area contributed by atoms with Crippen LogP contribution in [0.15, 0.2) is 30.3 Å². The second-order valence-electron chi connectivity index (χ2n) is 5.45. The van der Waals surface area contributed by atoms with Gasteiger partial charge in [0.05, 0.1) is 6.04 Å². The van der Waals surface area contributed by atoms with Crippen LogP contribution in [-0.2, 0) is 11.3 Å². The van der Waals surface area contributed by atoms with Crippen molar-refractivity contribution in [2.45, 2.75) is 45.3 Å². The number of nitrogens with zero attached hydrogens (tertiary/aromatic N) is 1.